The van der Waals surface area contributed by atoms with Gasteiger partial charge in [-0.05, 0) is 25.0 Å². The van der Waals surface area contributed by atoms with Crippen molar-refractivity contribution in [2.24, 2.45) is 5.73 Å². The van der Waals surface area contributed by atoms with Gasteiger partial charge in [-0.1, -0.05) is 29.8 Å². The standard InChI is InChI=1S/C15H17ClN4O.ClH/c16-12-6-2-1-5-11(12)13-8-14(19-18-13)15(21)20-7-3-4-10(20)9-17;/h1-2,5-6,8,10H,3-4,7,9,17H2,(H,18,19);1H. The fourth-order valence-electron chi connectivity index (χ4n) is 2.74. The average Bonchev–Trinajstić information content (AvgIpc) is 3.16. The van der Waals surface area contributed by atoms with Crippen LogP contribution in [-0.4, -0.2) is 40.1 Å². The highest BCUT2D eigenvalue weighted by Gasteiger charge is 2.29. The van der Waals surface area contributed by atoms with E-state index in [2.05, 4.69) is 10.2 Å². The highest BCUT2D eigenvalue weighted by Crippen LogP contribution is 2.27. The van der Waals surface area contributed by atoms with Crippen LogP contribution in [0.15, 0.2) is 30.3 Å². The SMILES string of the molecule is Cl.NCC1CCCN1C(=O)c1cc(-c2ccccc2Cl)n[nH]1. The van der Waals surface area contributed by atoms with Crippen LogP contribution in [0, 0.1) is 0 Å². The van der Waals surface area contributed by atoms with Gasteiger partial charge in [-0.15, -0.1) is 12.4 Å². The molecule has 3 rings (SSSR count). The van der Waals surface area contributed by atoms with Gasteiger partial charge < -0.3 is 10.6 Å². The van der Waals surface area contributed by atoms with Crippen molar-refractivity contribution < 1.29 is 4.79 Å². The van der Waals surface area contributed by atoms with Gasteiger partial charge in [0, 0.05) is 24.7 Å². The van der Waals surface area contributed by atoms with Crippen molar-refractivity contribution in [3.63, 3.8) is 0 Å². The summed E-state index contributed by atoms with van der Waals surface area (Å²) in [6.07, 6.45) is 1.97. The van der Waals surface area contributed by atoms with E-state index in [1.54, 1.807) is 12.1 Å². The molecule has 7 heteroatoms. The lowest BCUT2D eigenvalue weighted by atomic mass is 10.1. The van der Waals surface area contributed by atoms with Gasteiger partial charge in [0.15, 0.2) is 0 Å². The van der Waals surface area contributed by atoms with Crippen molar-refractivity contribution in [3.05, 3.63) is 41.0 Å². The van der Waals surface area contributed by atoms with Gasteiger partial charge in [-0.2, -0.15) is 5.10 Å². The highest BCUT2D eigenvalue weighted by atomic mass is 35.5. The Labute approximate surface area is 140 Å². The van der Waals surface area contributed by atoms with E-state index in [9.17, 15) is 4.79 Å². The molecule has 1 aromatic carbocycles. The summed E-state index contributed by atoms with van der Waals surface area (Å²) in [4.78, 5) is 14.3. The van der Waals surface area contributed by atoms with Gasteiger partial charge in [0.05, 0.1) is 10.7 Å². The number of likely N-dealkylation sites (tertiary alicyclic amines) is 1. The Kier molecular flexibility index (Phi) is 5.45. The number of rotatable bonds is 3. The van der Waals surface area contributed by atoms with Crippen LogP contribution < -0.4 is 5.73 Å². The molecule has 1 atom stereocenters. The number of nitrogens with one attached hydrogen (secondary N) is 1. The molecule has 1 fully saturated rings. The molecule has 118 valence electrons. The Morgan fingerprint density at radius 1 is 1.45 bits per heavy atom. The molecule has 1 aliphatic heterocycles. The van der Waals surface area contributed by atoms with Crippen molar-refractivity contribution in [2.75, 3.05) is 13.1 Å². The first-order valence-corrected chi connectivity index (χ1v) is 7.40. The Hall–Kier alpha value is -1.56. The van der Waals surface area contributed by atoms with E-state index < -0.39 is 0 Å². The van der Waals surface area contributed by atoms with E-state index in [-0.39, 0.29) is 24.4 Å². The number of aromatic nitrogens is 2. The lowest BCUT2D eigenvalue weighted by molar-refractivity contribution is 0.0735. The lowest BCUT2D eigenvalue weighted by Crippen LogP contribution is -2.40. The third-order valence-electron chi connectivity index (χ3n) is 3.87. The second-order valence-electron chi connectivity index (χ2n) is 5.18. The van der Waals surface area contributed by atoms with Crippen molar-refractivity contribution in [1.29, 1.82) is 0 Å². The predicted molar refractivity (Wildman–Crippen MR) is 89.4 cm³/mol. The van der Waals surface area contributed by atoms with E-state index in [0.717, 1.165) is 24.9 Å². The minimum atomic E-state index is -0.0475. The fourth-order valence-corrected chi connectivity index (χ4v) is 2.97. The molecule has 22 heavy (non-hydrogen) atoms. The van der Waals surface area contributed by atoms with Gasteiger partial charge in [0.2, 0.25) is 0 Å². The number of aromatic amines is 1. The number of hydrogen-bond acceptors (Lipinski definition) is 3. The van der Waals surface area contributed by atoms with Gasteiger partial charge in [0.25, 0.3) is 5.91 Å². The molecule has 0 spiro atoms. The number of amides is 1. The normalized spacial score (nSPS) is 17.4. The van der Waals surface area contributed by atoms with Gasteiger partial charge >= 0.3 is 0 Å². The van der Waals surface area contributed by atoms with Crippen LogP contribution in [0.25, 0.3) is 11.3 Å². The maximum atomic E-state index is 12.5. The molecule has 0 aliphatic carbocycles. The second-order valence-corrected chi connectivity index (χ2v) is 5.58. The van der Waals surface area contributed by atoms with Crippen LogP contribution in [0.2, 0.25) is 5.02 Å². The second kappa shape index (κ2) is 7.13. The first kappa shape index (κ1) is 16.8. The Morgan fingerprint density at radius 3 is 2.95 bits per heavy atom. The van der Waals surface area contributed by atoms with Crippen molar-refractivity contribution in [2.45, 2.75) is 18.9 Å². The van der Waals surface area contributed by atoms with Crippen molar-refractivity contribution in [3.8, 4) is 11.3 Å². The maximum Gasteiger partial charge on any atom is 0.272 e. The van der Waals surface area contributed by atoms with Gasteiger partial charge in [-0.3, -0.25) is 9.89 Å². The first-order chi connectivity index (χ1) is 10.2. The number of nitrogens with zero attached hydrogens (tertiary/aromatic N) is 2. The third kappa shape index (κ3) is 3.11. The summed E-state index contributed by atoms with van der Waals surface area (Å²) >= 11 is 6.15. The zero-order chi connectivity index (χ0) is 14.8. The molecule has 2 aromatic rings. The van der Waals surface area contributed by atoms with E-state index in [4.69, 9.17) is 17.3 Å². The van der Waals surface area contributed by atoms with Crippen LogP contribution in [0.3, 0.4) is 0 Å². The number of halogens is 2. The Morgan fingerprint density at radius 2 is 2.23 bits per heavy atom. The first-order valence-electron chi connectivity index (χ1n) is 7.02. The highest BCUT2D eigenvalue weighted by molar-refractivity contribution is 6.33. The number of H-pyrrole nitrogens is 1. The van der Waals surface area contributed by atoms with Gasteiger partial charge in [0.1, 0.15) is 5.69 Å². The molecule has 5 nitrogen and oxygen atoms in total. The number of carbonyl (C=O) groups excluding carboxylic acids is 1. The Bertz CT molecular complexity index is 658. The summed E-state index contributed by atoms with van der Waals surface area (Å²) in [6, 6.07) is 9.31. The van der Waals surface area contributed by atoms with Crippen LogP contribution in [0.5, 0.6) is 0 Å². The van der Waals surface area contributed by atoms with Crippen LogP contribution in [0.1, 0.15) is 23.3 Å². The Balaban J connectivity index is 0.00000176. The van der Waals surface area contributed by atoms with Crippen LogP contribution >= 0.6 is 24.0 Å². The largest absolute Gasteiger partial charge is 0.333 e. The summed E-state index contributed by atoms with van der Waals surface area (Å²) in [5.41, 5.74) is 7.68. The molecule has 1 unspecified atom stereocenters. The smallest absolute Gasteiger partial charge is 0.272 e. The molecule has 1 aliphatic rings. The summed E-state index contributed by atoms with van der Waals surface area (Å²) < 4.78 is 0. The van der Waals surface area contributed by atoms with E-state index >= 15 is 0 Å². The maximum absolute atomic E-state index is 12.5. The fraction of sp³-hybridized carbons (Fsp3) is 0.333. The minimum absolute atomic E-state index is 0. The average molecular weight is 341 g/mol. The molecule has 1 aromatic heterocycles. The molecule has 2 heterocycles. The number of nitrogens with two attached hydrogens (primary N) is 1. The van der Waals surface area contributed by atoms with Crippen LogP contribution in [0.4, 0.5) is 0 Å². The minimum Gasteiger partial charge on any atom is -0.333 e. The number of carbonyl (C=O) groups is 1. The molecule has 3 N–H and O–H groups in total. The van der Waals surface area contributed by atoms with Gasteiger partial charge in [-0.25, -0.2) is 0 Å². The predicted octanol–water partition coefficient (Wildman–Crippen LogP) is 2.72. The summed E-state index contributed by atoms with van der Waals surface area (Å²) in [5, 5.41) is 7.63. The van der Waals surface area contributed by atoms with E-state index in [1.807, 2.05) is 23.1 Å². The molecule has 0 bridgehead atoms. The third-order valence-corrected chi connectivity index (χ3v) is 4.20. The van der Waals surface area contributed by atoms with Crippen LogP contribution in [-0.2, 0) is 0 Å². The van der Waals surface area contributed by atoms with E-state index in [0.29, 0.717) is 23.0 Å². The zero-order valence-corrected chi connectivity index (χ0v) is 13.5. The molecular weight excluding hydrogens is 323 g/mol. The van der Waals surface area contributed by atoms with E-state index in [1.165, 1.54) is 0 Å². The van der Waals surface area contributed by atoms with Crippen molar-refractivity contribution in [1.82, 2.24) is 15.1 Å². The quantitative estimate of drug-likeness (QED) is 0.901. The molecule has 1 saturated heterocycles. The molecule has 0 radical (unpaired) electrons. The molecular formula is C15H18Cl2N4O. The molecule has 0 saturated carbocycles. The number of benzene rings is 1. The topological polar surface area (TPSA) is 75.0 Å². The lowest BCUT2D eigenvalue weighted by Gasteiger charge is -2.22. The zero-order valence-electron chi connectivity index (χ0n) is 12.0. The summed E-state index contributed by atoms with van der Waals surface area (Å²) in [7, 11) is 0. The monoisotopic (exact) mass is 340 g/mol. The van der Waals surface area contributed by atoms with Crippen molar-refractivity contribution >= 4 is 29.9 Å². The molecule has 1 amide bonds. The summed E-state index contributed by atoms with van der Waals surface area (Å²) in [5.74, 6) is -0.0475. The summed E-state index contributed by atoms with van der Waals surface area (Å²) in [6.45, 7) is 1.25. The number of hydrogen-bond donors (Lipinski definition) is 2.